The molecule has 0 N–H and O–H groups in total. The maximum absolute atomic E-state index is 4.20. The molecule has 0 amide bonds. The topological polar surface area (TPSA) is 12.9 Å². The minimum Gasteiger partial charge on any atom is -0.261 e. The van der Waals surface area contributed by atoms with Gasteiger partial charge in [0, 0.05) is 18.3 Å². The number of aromatic nitrogens is 1. The van der Waals surface area contributed by atoms with Crippen LogP contribution < -0.4 is 0 Å². The van der Waals surface area contributed by atoms with Gasteiger partial charge in [0.05, 0.1) is 0 Å². The highest BCUT2D eigenvalue weighted by Crippen LogP contribution is 2.19. The SMILES string of the molecule is [CH]1CCc2cccnc21. The van der Waals surface area contributed by atoms with Crippen LogP contribution in [0.1, 0.15) is 17.7 Å². The number of hydrogen-bond acceptors (Lipinski definition) is 1. The Labute approximate surface area is 54.7 Å². The van der Waals surface area contributed by atoms with Gasteiger partial charge in [0.2, 0.25) is 0 Å². The van der Waals surface area contributed by atoms with Crippen molar-refractivity contribution >= 4 is 0 Å². The van der Waals surface area contributed by atoms with Crippen LogP contribution in [0.4, 0.5) is 0 Å². The number of fused-ring (bicyclic) bond motifs is 1. The minimum absolute atomic E-state index is 1.17. The van der Waals surface area contributed by atoms with E-state index >= 15 is 0 Å². The second-order valence-corrected chi connectivity index (χ2v) is 2.29. The van der Waals surface area contributed by atoms with E-state index in [1.807, 2.05) is 12.3 Å². The normalized spacial score (nSPS) is 15.6. The largest absolute Gasteiger partial charge is 0.261 e. The van der Waals surface area contributed by atoms with Crippen molar-refractivity contribution in [3.8, 4) is 0 Å². The molecule has 9 heavy (non-hydrogen) atoms. The molecule has 0 fully saturated rings. The number of nitrogens with zero attached hydrogens (tertiary/aromatic N) is 1. The molecule has 0 bridgehead atoms. The first kappa shape index (κ1) is 4.98. The molecule has 1 heterocycles. The van der Waals surface area contributed by atoms with Gasteiger partial charge in [-0.2, -0.15) is 0 Å². The molecular weight excluding hydrogens is 110 g/mol. The lowest BCUT2D eigenvalue weighted by molar-refractivity contribution is 1.03. The Morgan fingerprint density at radius 2 is 2.44 bits per heavy atom. The third-order valence-corrected chi connectivity index (χ3v) is 1.68. The van der Waals surface area contributed by atoms with Gasteiger partial charge in [-0.25, -0.2) is 0 Å². The lowest BCUT2D eigenvalue weighted by atomic mass is 10.2. The Hall–Kier alpha value is -0.850. The van der Waals surface area contributed by atoms with Crippen LogP contribution in [-0.4, -0.2) is 4.98 Å². The quantitative estimate of drug-likeness (QED) is 0.504. The fraction of sp³-hybridized carbons (Fsp3) is 0.250. The molecule has 1 nitrogen and oxygen atoms in total. The fourth-order valence-electron chi connectivity index (χ4n) is 1.21. The van der Waals surface area contributed by atoms with E-state index in [1.165, 1.54) is 24.1 Å². The van der Waals surface area contributed by atoms with Gasteiger partial charge in [-0.3, -0.25) is 4.98 Å². The van der Waals surface area contributed by atoms with Gasteiger partial charge in [-0.1, -0.05) is 6.07 Å². The van der Waals surface area contributed by atoms with Gasteiger partial charge < -0.3 is 0 Å². The molecular formula is C8H8N. The molecule has 1 aromatic rings. The van der Waals surface area contributed by atoms with Gasteiger partial charge in [0.1, 0.15) is 0 Å². The van der Waals surface area contributed by atoms with E-state index in [4.69, 9.17) is 0 Å². The number of pyridine rings is 1. The molecule has 0 aliphatic heterocycles. The van der Waals surface area contributed by atoms with Crippen molar-refractivity contribution < 1.29 is 0 Å². The van der Waals surface area contributed by atoms with E-state index in [0.29, 0.717) is 0 Å². The summed E-state index contributed by atoms with van der Waals surface area (Å²) in [6, 6.07) is 4.14. The summed E-state index contributed by atoms with van der Waals surface area (Å²) in [6.45, 7) is 0. The maximum atomic E-state index is 4.20. The molecule has 0 saturated heterocycles. The molecule has 1 aliphatic carbocycles. The molecule has 0 atom stereocenters. The average Bonchev–Trinajstić information content (AvgIpc) is 2.33. The highest BCUT2D eigenvalue weighted by atomic mass is 14.7. The number of hydrogen-bond donors (Lipinski definition) is 0. The predicted molar refractivity (Wildman–Crippen MR) is 36.0 cm³/mol. The van der Waals surface area contributed by atoms with Crippen molar-refractivity contribution in [3.63, 3.8) is 0 Å². The summed E-state index contributed by atoms with van der Waals surface area (Å²) in [6.07, 6.45) is 6.39. The minimum atomic E-state index is 1.17. The third kappa shape index (κ3) is 0.727. The Balaban J connectivity index is 2.54. The van der Waals surface area contributed by atoms with E-state index in [-0.39, 0.29) is 0 Å². The van der Waals surface area contributed by atoms with Gasteiger partial charge in [0.15, 0.2) is 0 Å². The summed E-state index contributed by atoms with van der Waals surface area (Å²) in [5.74, 6) is 0. The highest BCUT2D eigenvalue weighted by Gasteiger charge is 2.09. The van der Waals surface area contributed by atoms with E-state index in [1.54, 1.807) is 0 Å². The van der Waals surface area contributed by atoms with E-state index in [0.717, 1.165) is 0 Å². The van der Waals surface area contributed by atoms with Crippen LogP contribution in [0.15, 0.2) is 18.3 Å². The summed E-state index contributed by atoms with van der Waals surface area (Å²) in [7, 11) is 0. The van der Waals surface area contributed by atoms with Crippen LogP contribution >= 0.6 is 0 Å². The molecule has 1 radical (unpaired) electrons. The first-order valence-corrected chi connectivity index (χ1v) is 3.24. The van der Waals surface area contributed by atoms with E-state index in [9.17, 15) is 0 Å². The summed E-state index contributed by atoms with van der Waals surface area (Å²) < 4.78 is 0. The standard InChI is InChI=1S/C8H8N/c1-3-7-4-2-6-9-8(7)5-1/h2,4-6H,1,3H2. The molecule has 0 spiro atoms. The molecule has 0 unspecified atom stereocenters. The molecule has 1 aliphatic rings. The molecule has 0 aromatic carbocycles. The second-order valence-electron chi connectivity index (χ2n) is 2.29. The lowest BCUT2D eigenvalue weighted by Gasteiger charge is -1.91. The maximum Gasteiger partial charge on any atom is 0.0473 e. The van der Waals surface area contributed by atoms with Crippen molar-refractivity contribution in [1.29, 1.82) is 0 Å². The van der Waals surface area contributed by atoms with Crippen LogP contribution in [0.3, 0.4) is 0 Å². The van der Waals surface area contributed by atoms with Gasteiger partial charge in [-0.15, -0.1) is 0 Å². The predicted octanol–water partition coefficient (Wildman–Crippen LogP) is 1.58. The zero-order valence-electron chi connectivity index (χ0n) is 5.17. The second kappa shape index (κ2) is 1.83. The number of aryl methyl sites for hydroxylation is 1. The van der Waals surface area contributed by atoms with Gasteiger partial charge >= 0.3 is 0 Å². The third-order valence-electron chi connectivity index (χ3n) is 1.68. The van der Waals surface area contributed by atoms with Crippen LogP contribution in [0.25, 0.3) is 0 Å². The van der Waals surface area contributed by atoms with Crippen molar-refractivity contribution in [1.82, 2.24) is 4.98 Å². The Bertz CT molecular complexity index is 195. The van der Waals surface area contributed by atoms with Gasteiger partial charge in [0.25, 0.3) is 0 Å². The number of rotatable bonds is 0. The van der Waals surface area contributed by atoms with E-state index in [2.05, 4.69) is 17.5 Å². The van der Waals surface area contributed by atoms with Crippen LogP contribution in [0.5, 0.6) is 0 Å². The lowest BCUT2D eigenvalue weighted by Crippen LogP contribution is -1.82. The summed E-state index contributed by atoms with van der Waals surface area (Å²) >= 11 is 0. The smallest absolute Gasteiger partial charge is 0.0473 e. The van der Waals surface area contributed by atoms with Crippen LogP contribution in [0.2, 0.25) is 0 Å². The monoisotopic (exact) mass is 118 g/mol. The highest BCUT2D eigenvalue weighted by molar-refractivity contribution is 5.30. The zero-order valence-corrected chi connectivity index (χ0v) is 5.17. The molecule has 2 rings (SSSR count). The zero-order chi connectivity index (χ0) is 6.10. The fourth-order valence-corrected chi connectivity index (χ4v) is 1.21. The molecule has 45 valence electrons. The summed E-state index contributed by atoms with van der Waals surface area (Å²) in [5, 5.41) is 0. The van der Waals surface area contributed by atoms with Crippen molar-refractivity contribution in [2.75, 3.05) is 0 Å². The molecule has 1 aromatic heterocycles. The van der Waals surface area contributed by atoms with Gasteiger partial charge in [-0.05, 0) is 24.5 Å². The Kier molecular flexibility index (Phi) is 1.01. The summed E-state index contributed by atoms with van der Waals surface area (Å²) in [4.78, 5) is 4.20. The van der Waals surface area contributed by atoms with Crippen LogP contribution in [-0.2, 0) is 6.42 Å². The van der Waals surface area contributed by atoms with Crippen molar-refractivity contribution in [2.24, 2.45) is 0 Å². The van der Waals surface area contributed by atoms with Crippen LogP contribution in [0, 0.1) is 6.42 Å². The summed E-state index contributed by atoms with van der Waals surface area (Å²) in [5.41, 5.74) is 2.59. The first-order valence-electron chi connectivity index (χ1n) is 3.24. The Morgan fingerprint density at radius 3 is 3.33 bits per heavy atom. The average molecular weight is 118 g/mol. The Morgan fingerprint density at radius 1 is 1.44 bits per heavy atom. The van der Waals surface area contributed by atoms with Crippen molar-refractivity contribution in [3.05, 3.63) is 36.0 Å². The van der Waals surface area contributed by atoms with Crippen molar-refractivity contribution in [2.45, 2.75) is 12.8 Å². The molecule has 0 saturated carbocycles. The van der Waals surface area contributed by atoms with E-state index < -0.39 is 0 Å². The molecule has 1 heteroatoms. The first-order chi connectivity index (χ1) is 4.47.